The van der Waals surface area contributed by atoms with Crippen LogP contribution in [-0.4, -0.2) is 65.8 Å². The van der Waals surface area contributed by atoms with E-state index in [4.69, 9.17) is 16.4 Å². The molecule has 0 aromatic carbocycles. The number of fused-ring (bicyclic) bond motifs is 1. The lowest BCUT2D eigenvalue weighted by Gasteiger charge is -2.37. The quantitative estimate of drug-likeness (QED) is 0.491. The van der Waals surface area contributed by atoms with Gasteiger partial charge in [-0.05, 0) is 35.5 Å². The number of carbonyl (C=O) groups excluding carboxylic acids is 4. The average molecular weight is 513 g/mol. The normalized spacial score (nSPS) is 39.9. The molecule has 0 aromatic rings. The molecule has 0 bridgehead atoms. The fourth-order valence-corrected chi connectivity index (χ4v) is 4.28. The minimum atomic E-state index is -6.10. The largest absolute Gasteiger partial charge is 0.471 e. The fraction of sp³-hybridized carbons (Fsp3) is 0.783. The number of nitrogens with one attached hydrogen (secondary N) is 3. The minimum Gasteiger partial charge on any atom is -0.356 e. The number of alkyl halides is 3. The lowest BCUT2D eigenvalue weighted by Crippen LogP contribution is -2.61. The number of likely N-dealkylation sites (tertiary alicyclic amines) is 1. The van der Waals surface area contributed by atoms with E-state index in [1.165, 1.54) is 13.8 Å². The Hall–Kier alpha value is -2.84. The number of piperidine rings is 1. The molecule has 3 fully saturated rings. The maximum absolute atomic E-state index is 14.5. The predicted molar refractivity (Wildman–Crippen MR) is 117 cm³/mol. The predicted octanol–water partition coefficient (Wildman–Crippen LogP) is 1.10. The van der Waals surface area contributed by atoms with E-state index in [-0.39, 0.29) is 19.4 Å². The number of halogens is 3. The van der Waals surface area contributed by atoms with E-state index in [1.54, 1.807) is 6.07 Å². The monoisotopic (exact) mass is 512 g/mol. The maximum atomic E-state index is 14.5. The molecule has 4 amide bonds. The van der Waals surface area contributed by atoms with Gasteiger partial charge in [0, 0.05) is 34.0 Å². The van der Waals surface area contributed by atoms with Crippen LogP contribution in [0.2, 0.25) is 0 Å². The van der Waals surface area contributed by atoms with Gasteiger partial charge in [0.05, 0.1) is 8.81 Å². The summed E-state index contributed by atoms with van der Waals surface area (Å²) in [5.41, 5.74) is -6.33. The third-order valence-electron chi connectivity index (χ3n) is 6.30. The van der Waals surface area contributed by atoms with Crippen molar-refractivity contribution in [2.45, 2.75) is 71.5 Å². The van der Waals surface area contributed by atoms with E-state index in [9.17, 15) is 39.0 Å². The molecular formula is C23H32F3N5O4. The highest BCUT2D eigenvalue weighted by atomic mass is 19.4. The van der Waals surface area contributed by atoms with Gasteiger partial charge < -0.3 is 20.9 Å². The molecule has 6 atom stereocenters. The van der Waals surface area contributed by atoms with Crippen molar-refractivity contribution in [3.63, 3.8) is 0 Å². The smallest absolute Gasteiger partial charge is 0.356 e. The molecule has 2 aliphatic heterocycles. The summed E-state index contributed by atoms with van der Waals surface area (Å²) in [5, 5.41) is 14.9. The lowest BCUT2D eigenvalue weighted by atomic mass is 9.85. The molecule has 3 rings (SSSR count). The summed E-state index contributed by atoms with van der Waals surface area (Å²) in [6.45, 7) is -14.4. The molecule has 1 saturated carbocycles. The highest BCUT2D eigenvalue weighted by molar-refractivity contribution is 5.95. The first kappa shape index (κ1) is 14.0. The Kier molecular flexibility index (Phi) is 3.60. The van der Waals surface area contributed by atoms with E-state index in [2.05, 4.69) is 10.6 Å². The third kappa shape index (κ3) is 5.23. The second kappa shape index (κ2) is 8.99. The van der Waals surface area contributed by atoms with Crippen LogP contribution in [0.15, 0.2) is 0 Å². The highest BCUT2D eigenvalue weighted by Crippen LogP contribution is 2.65. The number of nitriles is 1. The number of amides is 4. The van der Waals surface area contributed by atoms with Gasteiger partial charge in [0.25, 0.3) is 0 Å². The summed E-state index contributed by atoms with van der Waals surface area (Å²) < 4.78 is 147. The molecule has 0 spiro atoms. The first-order valence-corrected chi connectivity index (χ1v) is 10.5. The van der Waals surface area contributed by atoms with Crippen molar-refractivity contribution in [2.24, 2.45) is 28.6 Å². The second-order valence-electron chi connectivity index (χ2n) is 9.18. The van der Waals surface area contributed by atoms with Crippen LogP contribution in [0.4, 0.5) is 13.2 Å². The number of nitrogens with zero attached hydrogens (tertiary/aromatic N) is 2. The van der Waals surface area contributed by atoms with Crippen LogP contribution in [0.25, 0.3) is 0 Å². The maximum Gasteiger partial charge on any atom is 0.471 e. The van der Waals surface area contributed by atoms with Gasteiger partial charge in [-0.3, -0.25) is 19.2 Å². The van der Waals surface area contributed by atoms with Gasteiger partial charge in [-0.2, -0.15) is 18.4 Å². The number of hydrogen-bond acceptors (Lipinski definition) is 5. The number of carbonyl (C=O) groups is 4. The Morgan fingerprint density at radius 2 is 2.03 bits per heavy atom. The first-order chi connectivity index (χ1) is 21.2. The number of rotatable bonds is 6. The third-order valence-corrected chi connectivity index (χ3v) is 6.30. The molecule has 35 heavy (non-hydrogen) atoms. The molecule has 1 aliphatic carbocycles. The average Bonchev–Trinajstić information content (AvgIpc) is 3.13. The molecule has 12 heteroatoms. The minimum absolute atomic E-state index is 0.228. The van der Waals surface area contributed by atoms with Crippen LogP contribution in [0.5, 0.6) is 0 Å². The molecule has 0 aromatic heterocycles. The molecule has 2 heterocycles. The van der Waals surface area contributed by atoms with Crippen molar-refractivity contribution in [3.05, 3.63) is 0 Å². The number of hydrogen-bond donors (Lipinski definition) is 3. The topological polar surface area (TPSA) is 131 Å². The molecule has 1 unspecified atom stereocenters. The SMILES string of the molecule is [2H]C1([2H])[C@H]2[C@H](C2(C)C)[C@@]([2H])(C(=O)N[C@H](C#N)C[C@@H]2CCNC2=O)N1C(=O)C([2H])(NC(=O)C(F)(F)F)C(C([2H])([2H])[2H])(C([2H])([2H])[2H])C([2H])([2H])[2H]. The molecule has 2 saturated heterocycles. The van der Waals surface area contributed by atoms with Crippen molar-refractivity contribution in [2.75, 3.05) is 13.0 Å². The summed E-state index contributed by atoms with van der Waals surface area (Å²) in [6.07, 6.45) is -6.23. The van der Waals surface area contributed by atoms with E-state index in [0.717, 1.165) is 0 Å². The van der Waals surface area contributed by atoms with Gasteiger partial charge in [0.1, 0.15) is 18.1 Å². The van der Waals surface area contributed by atoms with Crippen molar-refractivity contribution < 1.29 is 50.2 Å². The van der Waals surface area contributed by atoms with Crippen LogP contribution in [0.3, 0.4) is 0 Å². The summed E-state index contributed by atoms with van der Waals surface area (Å²) in [6, 6.07) is -8.36. The summed E-state index contributed by atoms with van der Waals surface area (Å²) >= 11 is 0. The van der Waals surface area contributed by atoms with Crippen LogP contribution >= 0.6 is 0 Å². The Bertz CT molecular complexity index is 1390. The van der Waals surface area contributed by atoms with Gasteiger partial charge in [0.15, 0.2) is 0 Å². The van der Waals surface area contributed by atoms with Crippen LogP contribution in [0, 0.1) is 39.9 Å². The molecule has 194 valence electrons. The van der Waals surface area contributed by atoms with Gasteiger partial charge in [-0.1, -0.05) is 34.4 Å². The van der Waals surface area contributed by atoms with E-state index in [1.807, 2.05) is 0 Å². The van der Waals surface area contributed by atoms with Gasteiger partial charge in [0.2, 0.25) is 17.7 Å². The van der Waals surface area contributed by atoms with E-state index >= 15 is 0 Å². The zero-order chi connectivity index (χ0) is 37.6. The zero-order valence-electron chi connectivity index (χ0n) is 31.6. The molecule has 3 aliphatic rings. The Morgan fingerprint density at radius 3 is 2.54 bits per heavy atom. The summed E-state index contributed by atoms with van der Waals surface area (Å²) in [4.78, 5) is 52.2. The first-order valence-electron chi connectivity index (χ1n) is 17.0. The Morgan fingerprint density at radius 1 is 1.37 bits per heavy atom. The van der Waals surface area contributed by atoms with E-state index < -0.39 is 108 Å². The van der Waals surface area contributed by atoms with Crippen molar-refractivity contribution in [1.29, 1.82) is 5.26 Å². The molecule has 9 nitrogen and oxygen atoms in total. The Balaban J connectivity index is 2.34. The standard InChI is InChI=1S/C23H32F3N5O4/c1-21(2,3)16(30-20(35)23(24,25)26)19(34)31-10-13-14(22(13,4)5)15(31)18(33)29-12(9-27)8-11-6-7-28-17(11)32/h11-16H,6-8,10H2,1-5H3,(H,28,32)(H,29,33)(H,30,35)/t11-,12-,13-,14-,15-,16?/m0/s1/i1D3,2D3,3D3,10D2,15D,16D. The second-order valence-corrected chi connectivity index (χ2v) is 9.18. The highest BCUT2D eigenvalue weighted by Gasteiger charge is 2.70. The molecule has 0 radical (unpaired) electrons. The van der Waals surface area contributed by atoms with Crippen LogP contribution in [0.1, 0.15) is 65.1 Å². The van der Waals surface area contributed by atoms with Gasteiger partial charge in [-0.25, -0.2) is 0 Å². The van der Waals surface area contributed by atoms with Gasteiger partial charge in [-0.15, -0.1) is 0 Å². The van der Waals surface area contributed by atoms with Gasteiger partial charge >= 0.3 is 12.1 Å². The molecular weight excluding hydrogens is 467 g/mol. The fourth-order valence-electron chi connectivity index (χ4n) is 4.28. The van der Waals surface area contributed by atoms with Crippen molar-refractivity contribution in [1.82, 2.24) is 20.9 Å². The van der Waals surface area contributed by atoms with Crippen LogP contribution in [-0.2, 0) is 19.2 Å². The lowest BCUT2D eigenvalue weighted by molar-refractivity contribution is -0.176. The summed E-state index contributed by atoms with van der Waals surface area (Å²) in [5.74, 6) is -12.3. The Labute approximate surface area is 220 Å². The van der Waals surface area contributed by atoms with Crippen molar-refractivity contribution in [3.8, 4) is 6.07 Å². The zero-order valence-corrected chi connectivity index (χ0v) is 18.6. The van der Waals surface area contributed by atoms with E-state index in [0.29, 0.717) is 5.32 Å². The van der Waals surface area contributed by atoms with Crippen LogP contribution < -0.4 is 16.0 Å². The summed E-state index contributed by atoms with van der Waals surface area (Å²) in [7, 11) is 0. The molecule has 3 N–H and O–H groups in total. The van der Waals surface area contributed by atoms with Crippen molar-refractivity contribution >= 4 is 23.6 Å².